The van der Waals surface area contributed by atoms with E-state index in [1.165, 1.54) is 6.26 Å². The van der Waals surface area contributed by atoms with Crippen LogP contribution >= 0.6 is 0 Å². The van der Waals surface area contributed by atoms with Crippen molar-refractivity contribution in [3.63, 3.8) is 0 Å². The van der Waals surface area contributed by atoms with E-state index < -0.39 is 0 Å². The van der Waals surface area contributed by atoms with E-state index >= 15 is 0 Å². The Balaban J connectivity index is 1.54. The molecule has 0 saturated heterocycles. The standard InChI is InChI=1S/C23H23N3O4/c1-2-5-21(27)25-18-11-9-16(10-12-18)15-24-22(28)17-6-3-7-19(14-17)26-23(29)20-8-4-13-30-20/h3-4,6-14H,2,5,15H2,1H3,(H,24,28)(H,25,27)(H,26,29). The molecule has 0 aliphatic carbocycles. The van der Waals surface area contributed by atoms with Crippen molar-refractivity contribution in [3.8, 4) is 0 Å². The number of nitrogens with one attached hydrogen (secondary N) is 3. The van der Waals surface area contributed by atoms with Crippen LogP contribution in [0.15, 0.2) is 71.3 Å². The SMILES string of the molecule is CCCC(=O)Nc1ccc(CNC(=O)c2cccc(NC(=O)c3ccco3)c2)cc1. The minimum atomic E-state index is -0.385. The quantitative estimate of drug-likeness (QED) is 0.523. The van der Waals surface area contributed by atoms with Gasteiger partial charge in [0, 0.05) is 29.9 Å². The predicted octanol–water partition coefficient (Wildman–Crippen LogP) is 4.20. The molecule has 0 aliphatic rings. The average Bonchev–Trinajstić information content (AvgIpc) is 3.28. The van der Waals surface area contributed by atoms with E-state index in [0.717, 1.165) is 17.7 Å². The minimum Gasteiger partial charge on any atom is -0.459 e. The van der Waals surface area contributed by atoms with E-state index in [-0.39, 0.29) is 23.5 Å². The first-order chi connectivity index (χ1) is 14.5. The Hall–Kier alpha value is -3.87. The second-order valence-electron chi connectivity index (χ2n) is 6.69. The lowest BCUT2D eigenvalue weighted by Crippen LogP contribution is -2.23. The number of hydrogen-bond acceptors (Lipinski definition) is 4. The van der Waals surface area contributed by atoms with E-state index in [2.05, 4.69) is 16.0 Å². The molecule has 0 aliphatic heterocycles. The van der Waals surface area contributed by atoms with Crippen LogP contribution in [0.1, 0.15) is 46.2 Å². The first-order valence-corrected chi connectivity index (χ1v) is 9.67. The van der Waals surface area contributed by atoms with Crippen LogP contribution in [0.25, 0.3) is 0 Å². The summed E-state index contributed by atoms with van der Waals surface area (Å²) in [5.74, 6) is -0.468. The summed E-state index contributed by atoms with van der Waals surface area (Å²) in [7, 11) is 0. The zero-order valence-electron chi connectivity index (χ0n) is 16.6. The fourth-order valence-electron chi connectivity index (χ4n) is 2.78. The van der Waals surface area contributed by atoms with Crippen molar-refractivity contribution in [1.29, 1.82) is 0 Å². The molecule has 7 nitrogen and oxygen atoms in total. The van der Waals surface area contributed by atoms with Gasteiger partial charge in [-0.25, -0.2) is 0 Å². The molecule has 0 saturated carbocycles. The van der Waals surface area contributed by atoms with Crippen LogP contribution < -0.4 is 16.0 Å². The first-order valence-electron chi connectivity index (χ1n) is 9.67. The number of benzene rings is 2. The van der Waals surface area contributed by atoms with Crippen molar-refractivity contribution < 1.29 is 18.8 Å². The summed E-state index contributed by atoms with van der Waals surface area (Å²) in [6.45, 7) is 2.29. The van der Waals surface area contributed by atoms with Crippen LogP contribution in [0.5, 0.6) is 0 Å². The highest BCUT2D eigenvalue weighted by Gasteiger charge is 2.11. The third kappa shape index (κ3) is 5.81. The number of rotatable bonds is 8. The molecule has 2 aromatic carbocycles. The third-order valence-electron chi connectivity index (χ3n) is 4.30. The van der Waals surface area contributed by atoms with Crippen molar-refractivity contribution in [2.45, 2.75) is 26.3 Å². The first kappa shape index (κ1) is 20.9. The summed E-state index contributed by atoms with van der Waals surface area (Å²) in [5.41, 5.74) is 2.55. The highest BCUT2D eigenvalue weighted by molar-refractivity contribution is 6.03. The normalized spacial score (nSPS) is 10.3. The molecular weight excluding hydrogens is 382 g/mol. The molecule has 3 aromatic rings. The summed E-state index contributed by atoms with van der Waals surface area (Å²) in [4.78, 5) is 36.2. The van der Waals surface area contributed by atoms with Gasteiger partial charge in [-0.15, -0.1) is 0 Å². The number of furan rings is 1. The highest BCUT2D eigenvalue weighted by Crippen LogP contribution is 2.14. The molecule has 0 fully saturated rings. The average molecular weight is 405 g/mol. The summed E-state index contributed by atoms with van der Waals surface area (Å²) >= 11 is 0. The molecule has 0 atom stereocenters. The lowest BCUT2D eigenvalue weighted by Gasteiger charge is -2.09. The maximum Gasteiger partial charge on any atom is 0.291 e. The zero-order chi connectivity index (χ0) is 21.3. The molecule has 0 spiro atoms. The van der Waals surface area contributed by atoms with E-state index in [0.29, 0.717) is 24.2 Å². The van der Waals surface area contributed by atoms with Gasteiger partial charge < -0.3 is 20.4 Å². The number of anilines is 2. The molecule has 0 radical (unpaired) electrons. The lowest BCUT2D eigenvalue weighted by atomic mass is 10.1. The Labute approximate surface area is 174 Å². The van der Waals surface area contributed by atoms with E-state index in [4.69, 9.17) is 4.42 Å². The minimum absolute atomic E-state index is 0.0161. The topological polar surface area (TPSA) is 100 Å². The smallest absolute Gasteiger partial charge is 0.291 e. The summed E-state index contributed by atoms with van der Waals surface area (Å²) in [5, 5.41) is 8.37. The van der Waals surface area contributed by atoms with Gasteiger partial charge in [-0.1, -0.05) is 25.1 Å². The molecule has 0 bridgehead atoms. The molecule has 1 heterocycles. The molecule has 7 heteroatoms. The van der Waals surface area contributed by atoms with Crippen molar-refractivity contribution in [2.24, 2.45) is 0 Å². The van der Waals surface area contributed by atoms with E-state index in [1.54, 1.807) is 48.5 Å². The van der Waals surface area contributed by atoms with Gasteiger partial charge in [0.05, 0.1) is 6.26 Å². The molecule has 154 valence electrons. The maximum absolute atomic E-state index is 12.5. The van der Waals surface area contributed by atoms with Crippen molar-refractivity contribution >= 4 is 29.1 Å². The predicted molar refractivity (Wildman–Crippen MR) is 114 cm³/mol. The Morgan fingerprint density at radius 1 is 0.867 bits per heavy atom. The van der Waals surface area contributed by atoms with Gasteiger partial charge in [-0.05, 0) is 54.4 Å². The Kier molecular flexibility index (Phi) is 7.00. The monoisotopic (exact) mass is 405 g/mol. The number of carbonyl (C=O) groups excluding carboxylic acids is 3. The van der Waals surface area contributed by atoms with Crippen LogP contribution in [-0.4, -0.2) is 17.7 Å². The van der Waals surface area contributed by atoms with E-state index in [1.807, 2.05) is 19.1 Å². The Morgan fingerprint density at radius 3 is 2.37 bits per heavy atom. The number of amides is 3. The fourth-order valence-corrected chi connectivity index (χ4v) is 2.78. The van der Waals surface area contributed by atoms with Crippen LogP contribution in [-0.2, 0) is 11.3 Å². The van der Waals surface area contributed by atoms with Crippen LogP contribution in [0.4, 0.5) is 11.4 Å². The summed E-state index contributed by atoms with van der Waals surface area (Å²) in [6.07, 6.45) is 2.70. The van der Waals surface area contributed by atoms with E-state index in [9.17, 15) is 14.4 Å². The largest absolute Gasteiger partial charge is 0.459 e. The van der Waals surface area contributed by atoms with Gasteiger partial charge in [0.25, 0.3) is 11.8 Å². The van der Waals surface area contributed by atoms with Gasteiger partial charge in [-0.3, -0.25) is 14.4 Å². The fraction of sp³-hybridized carbons (Fsp3) is 0.174. The van der Waals surface area contributed by atoms with Gasteiger partial charge in [0.15, 0.2) is 5.76 Å². The maximum atomic E-state index is 12.5. The molecule has 30 heavy (non-hydrogen) atoms. The van der Waals surface area contributed by atoms with Crippen molar-refractivity contribution in [3.05, 3.63) is 83.8 Å². The van der Waals surface area contributed by atoms with Crippen LogP contribution in [0.3, 0.4) is 0 Å². The Morgan fingerprint density at radius 2 is 1.67 bits per heavy atom. The Bertz CT molecular complexity index is 1010. The highest BCUT2D eigenvalue weighted by atomic mass is 16.3. The molecule has 3 amide bonds. The van der Waals surface area contributed by atoms with Crippen molar-refractivity contribution in [2.75, 3.05) is 10.6 Å². The molecular formula is C23H23N3O4. The molecule has 1 aromatic heterocycles. The molecule has 3 rings (SSSR count). The number of hydrogen-bond donors (Lipinski definition) is 3. The second-order valence-corrected chi connectivity index (χ2v) is 6.69. The molecule has 3 N–H and O–H groups in total. The zero-order valence-corrected chi connectivity index (χ0v) is 16.6. The van der Waals surface area contributed by atoms with Gasteiger partial charge in [-0.2, -0.15) is 0 Å². The second kappa shape index (κ2) is 10.1. The van der Waals surface area contributed by atoms with Gasteiger partial charge in [0.1, 0.15) is 0 Å². The lowest BCUT2D eigenvalue weighted by molar-refractivity contribution is -0.116. The molecule has 0 unspecified atom stereocenters. The summed E-state index contributed by atoms with van der Waals surface area (Å²) in [6, 6.07) is 17.2. The van der Waals surface area contributed by atoms with Crippen LogP contribution in [0.2, 0.25) is 0 Å². The van der Waals surface area contributed by atoms with Gasteiger partial charge >= 0.3 is 0 Å². The third-order valence-corrected chi connectivity index (χ3v) is 4.30. The van der Waals surface area contributed by atoms with Crippen LogP contribution in [0, 0.1) is 0 Å². The van der Waals surface area contributed by atoms with Crippen molar-refractivity contribution in [1.82, 2.24) is 5.32 Å². The number of carbonyl (C=O) groups is 3. The summed E-state index contributed by atoms with van der Waals surface area (Å²) < 4.78 is 5.06. The van der Waals surface area contributed by atoms with Gasteiger partial charge in [0.2, 0.25) is 5.91 Å².